The molecule has 0 amide bonds. The number of hydrogen-bond donors (Lipinski definition) is 1. The lowest BCUT2D eigenvalue weighted by atomic mass is 9.74. The highest BCUT2D eigenvalue weighted by atomic mass is 16.5. The third-order valence-electron chi connectivity index (χ3n) is 5.08. The fourth-order valence-corrected chi connectivity index (χ4v) is 3.44. The van der Waals surface area contributed by atoms with E-state index in [-0.39, 0.29) is 0 Å². The van der Waals surface area contributed by atoms with Gasteiger partial charge in [-0.1, -0.05) is 30.7 Å². The molecule has 1 heterocycles. The zero-order valence-corrected chi connectivity index (χ0v) is 12.2. The summed E-state index contributed by atoms with van der Waals surface area (Å²) in [6, 6.07) is 8.33. The number of hydrogen-bond acceptors (Lipinski definition) is 3. The highest BCUT2D eigenvalue weighted by molar-refractivity contribution is 5.35. The summed E-state index contributed by atoms with van der Waals surface area (Å²) in [4.78, 5) is 0. The predicted molar refractivity (Wildman–Crippen MR) is 77.8 cm³/mol. The molecule has 1 aliphatic carbocycles. The minimum atomic E-state index is -0.562. The Balaban J connectivity index is 1.90. The maximum atomic E-state index is 11.0. The first-order valence-electron chi connectivity index (χ1n) is 7.66. The van der Waals surface area contributed by atoms with Gasteiger partial charge < -0.3 is 14.6 Å². The summed E-state index contributed by atoms with van der Waals surface area (Å²) in [5.41, 5.74) is 1.88. The van der Waals surface area contributed by atoms with E-state index < -0.39 is 11.7 Å². The summed E-state index contributed by atoms with van der Waals surface area (Å²) in [7, 11) is 1.71. The highest BCUT2D eigenvalue weighted by Gasteiger charge is 2.42. The zero-order chi connectivity index (χ0) is 14.0. The fraction of sp³-hybridized carbons (Fsp3) is 0.647. The van der Waals surface area contributed by atoms with Gasteiger partial charge in [-0.3, -0.25) is 0 Å². The standard InChI is InChI=1S/C17H24O3/c1-19-17(9-11-20-12-10-17)16(18)15-8-3-2-7-14(15)13-5-4-6-13/h2-3,7-8,13,16,18H,4-6,9-12H2,1H3. The minimum absolute atomic E-state index is 0.488. The zero-order valence-electron chi connectivity index (χ0n) is 12.2. The van der Waals surface area contributed by atoms with E-state index in [4.69, 9.17) is 9.47 Å². The number of benzene rings is 1. The molecule has 1 aromatic rings. The maximum Gasteiger partial charge on any atom is 0.108 e. The molecular weight excluding hydrogens is 252 g/mol. The van der Waals surface area contributed by atoms with Crippen molar-refractivity contribution in [2.75, 3.05) is 20.3 Å². The molecule has 0 radical (unpaired) electrons. The van der Waals surface area contributed by atoms with Crippen molar-refractivity contribution in [3.05, 3.63) is 35.4 Å². The van der Waals surface area contributed by atoms with E-state index in [2.05, 4.69) is 18.2 Å². The lowest BCUT2D eigenvalue weighted by Gasteiger charge is -2.41. The Bertz CT molecular complexity index is 447. The van der Waals surface area contributed by atoms with E-state index >= 15 is 0 Å². The van der Waals surface area contributed by atoms with Gasteiger partial charge in [0.05, 0.1) is 0 Å². The van der Waals surface area contributed by atoms with E-state index in [0.29, 0.717) is 19.1 Å². The molecule has 1 saturated carbocycles. The SMILES string of the molecule is COC1(C(O)c2ccccc2C2CCC2)CCOCC1. The number of rotatable bonds is 4. The Hall–Kier alpha value is -0.900. The summed E-state index contributed by atoms with van der Waals surface area (Å²) >= 11 is 0. The van der Waals surface area contributed by atoms with Gasteiger partial charge in [-0.05, 0) is 29.9 Å². The second-order valence-corrected chi connectivity index (χ2v) is 6.04. The normalized spacial score (nSPS) is 24.1. The third-order valence-corrected chi connectivity index (χ3v) is 5.08. The van der Waals surface area contributed by atoms with Crippen LogP contribution < -0.4 is 0 Å². The largest absolute Gasteiger partial charge is 0.385 e. The van der Waals surface area contributed by atoms with Crippen LogP contribution in [-0.2, 0) is 9.47 Å². The molecule has 0 aromatic heterocycles. The van der Waals surface area contributed by atoms with Crippen LogP contribution in [0.5, 0.6) is 0 Å². The quantitative estimate of drug-likeness (QED) is 0.918. The first kappa shape index (κ1) is 14.1. The van der Waals surface area contributed by atoms with Crippen LogP contribution in [0.4, 0.5) is 0 Å². The predicted octanol–water partition coefficient (Wildman–Crippen LogP) is 3.18. The van der Waals surface area contributed by atoms with Crippen molar-refractivity contribution >= 4 is 0 Å². The molecule has 1 unspecified atom stereocenters. The van der Waals surface area contributed by atoms with Gasteiger partial charge in [0, 0.05) is 33.2 Å². The molecule has 1 aromatic carbocycles. The highest BCUT2D eigenvalue weighted by Crippen LogP contribution is 2.44. The van der Waals surface area contributed by atoms with Crippen molar-refractivity contribution in [2.45, 2.75) is 49.7 Å². The second kappa shape index (κ2) is 5.84. The Morgan fingerprint density at radius 1 is 1.25 bits per heavy atom. The molecule has 1 saturated heterocycles. The molecule has 1 atom stereocenters. The Morgan fingerprint density at radius 3 is 2.55 bits per heavy atom. The van der Waals surface area contributed by atoms with Crippen molar-refractivity contribution < 1.29 is 14.6 Å². The second-order valence-electron chi connectivity index (χ2n) is 6.04. The monoisotopic (exact) mass is 276 g/mol. The van der Waals surface area contributed by atoms with E-state index in [9.17, 15) is 5.11 Å². The van der Waals surface area contributed by atoms with Crippen molar-refractivity contribution in [1.29, 1.82) is 0 Å². The topological polar surface area (TPSA) is 38.7 Å². The summed E-state index contributed by atoms with van der Waals surface area (Å²) in [6.07, 6.45) is 4.74. The van der Waals surface area contributed by atoms with Crippen LogP contribution in [0.3, 0.4) is 0 Å². The minimum Gasteiger partial charge on any atom is -0.385 e. The van der Waals surface area contributed by atoms with Gasteiger partial charge in [0.2, 0.25) is 0 Å². The lowest BCUT2D eigenvalue weighted by Crippen LogP contribution is -2.44. The van der Waals surface area contributed by atoms with Crippen molar-refractivity contribution in [3.63, 3.8) is 0 Å². The van der Waals surface area contributed by atoms with Gasteiger partial charge in [-0.2, -0.15) is 0 Å². The molecule has 2 fully saturated rings. The molecule has 110 valence electrons. The number of ether oxygens (including phenoxy) is 2. The van der Waals surface area contributed by atoms with E-state index in [1.807, 2.05) is 6.07 Å². The molecule has 0 bridgehead atoms. The van der Waals surface area contributed by atoms with Crippen LogP contribution in [0.25, 0.3) is 0 Å². The van der Waals surface area contributed by atoms with Crippen molar-refractivity contribution in [2.24, 2.45) is 0 Å². The van der Waals surface area contributed by atoms with Crippen LogP contribution in [0.2, 0.25) is 0 Å². The smallest absolute Gasteiger partial charge is 0.108 e. The van der Waals surface area contributed by atoms with E-state index in [1.54, 1.807) is 7.11 Å². The number of methoxy groups -OCH3 is 1. The lowest BCUT2D eigenvalue weighted by molar-refractivity contribution is -0.154. The number of aliphatic hydroxyl groups excluding tert-OH is 1. The maximum absolute atomic E-state index is 11.0. The summed E-state index contributed by atoms with van der Waals surface area (Å²) < 4.78 is 11.2. The van der Waals surface area contributed by atoms with E-state index in [0.717, 1.165) is 18.4 Å². The van der Waals surface area contributed by atoms with Gasteiger partial charge in [0.25, 0.3) is 0 Å². The molecule has 0 spiro atoms. The molecule has 3 rings (SSSR count). The van der Waals surface area contributed by atoms with Crippen LogP contribution in [-0.4, -0.2) is 31.0 Å². The van der Waals surface area contributed by atoms with Crippen molar-refractivity contribution in [1.82, 2.24) is 0 Å². The van der Waals surface area contributed by atoms with Gasteiger partial charge in [0.1, 0.15) is 11.7 Å². The van der Waals surface area contributed by atoms with Crippen LogP contribution in [0.1, 0.15) is 55.3 Å². The molecule has 20 heavy (non-hydrogen) atoms. The Morgan fingerprint density at radius 2 is 1.95 bits per heavy atom. The Labute approximate surface area is 120 Å². The molecule has 1 aliphatic heterocycles. The average molecular weight is 276 g/mol. The number of aliphatic hydroxyl groups is 1. The molecular formula is C17H24O3. The van der Waals surface area contributed by atoms with Gasteiger partial charge >= 0.3 is 0 Å². The molecule has 3 heteroatoms. The Kier molecular flexibility index (Phi) is 4.11. The average Bonchev–Trinajstić information content (AvgIpc) is 2.46. The van der Waals surface area contributed by atoms with Crippen molar-refractivity contribution in [3.8, 4) is 0 Å². The first-order valence-corrected chi connectivity index (χ1v) is 7.66. The fourth-order valence-electron chi connectivity index (χ4n) is 3.44. The van der Waals surface area contributed by atoms with E-state index in [1.165, 1.54) is 24.8 Å². The first-order chi connectivity index (χ1) is 9.77. The third kappa shape index (κ3) is 2.39. The van der Waals surface area contributed by atoms with Gasteiger partial charge in [-0.25, -0.2) is 0 Å². The molecule has 2 aliphatic rings. The van der Waals surface area contributed by atoms with Crippen LogP contribution in [0.15, 0.2) is 24.3 Å². The van der Waals surface area contributed by atoms with Crippen LogP contribution >= 0.6 is 0 Å². The summed E-state index contributed by atoms with van der Waals surface area (Å²) in [5.74, 6) is 0.620. The van der Waals surface area contributed by atoms with Gasteiger partial charge in [0.15, 0.2) is 0 Å². The van der Waals surface area contributed by atoms with Gasteiger partial charge in [-0.15, -0.1) is 0 Å². The molecule has 1 N–H and O–H groups in total. The molecule has 3 nitrogen and oxygen atoms in total. The summed E-state index contributed by atoms with van der Waals surface area (Å²) in [5, 5.41) is 11.0. The van der Waals surface area contributed by atoms with Crippen LogP contribution in [0, 0.1) is 0 Å². The summed E-state index contributed by atoms with van der Waals surface area (Å²) in [6.45, 7) is 1.33.